The number of hydrogen-bond donors (Lipinski definition) is 1. The second-order valence-corrected chi connectivity index (χ2v) is 5.84. The van der Waals surface area contributed by atoms with Crippen molar-refractivity contribution in [2.45, 2.75) is 37.7 Å². The van der Waals surface area contributed by atoms with E-state index in [1.54, 1.807) is 0 Å². The zero-order valence-electron chi connectivity index (χ0n) is 8.47. The van der Waals surface area contributed by atoms with Crippen LogP contribution in [0.5, 0.6) is 0 Å². The molecule has 15 heavy (non-hydrogen) atoms. The SMILES string of the molecule is OC1(c2cccc(Br)c2Br)CCCCC1. The largest absolute Gasteiger partial charge is 0.385 e. The lowest BCUT2D eigenvalue weighted by atomic mass is 9.80. The van der Waals surface area contributed by atoms with Crippen molar-refractivity contribution in [1.29, 1.82) is 0 Å². The fraction of sp³-hybridized carbons (Fsp3) is 0.500. The monoisotopic (exact) mass is 332 g/mol. The molecule has 0 aromatic heterocycles. The summed E-state index contributed by atoms with van der Waals surface area (Å²) in [7, 11) is 0. The average molecular weight is 334 g/mol. The Labute approximate surface area is 107 Å². The molecule has 1 saturated carbocycles. The maximum Gasteiger partial charge on any atom is 0.0907 e. The van der Waals surface area contributed by atoms with Crippen molar-refractivity contribution in [1.82, 2.24) is 0 Å². The third-order valence-electron chi connectivity index (χ3n) is 3.13. The van der Waals surface area contributed by atoms with Crippen LogP contribution in [0.15, 0.2) is 27.1 Å². The van der Waals surface area contributed by atoms with E-state index in [1.165, 1.54) is 6.42 Å². The Kier molecular flexibility index (Phi) is 3.53. The molecular weight excluding hydrogens is 320 g/mol. The normalized spacial score (nSPS) is 20.2. The summed E-state index contributed by atoms with van der Waals surface area (Å²) in [4.78, 5) is 0. The van der Waals surface area contributed by atoms with Crippen molar-refractivity contribution < 1.29 is 5.11 Å². The Morgan fingerprint density at radius 1 is 1.07 bits per heavy atom. The molecule has 0 amide bonds. The Balaban J connectivity index is 2.39. The molecule has 1 aromatic rings. The molecule has 0 atom stereocenters. The van der Waals surface area contributed by atoms with Crippen LogP contribution in [0.2, 0.25) is 0 Å². The fourth-order valence-corrected chi connectivity index (χ4v) is 3.27. The highest BCUT2D eigenvalue weighted by molar-refractivity contribution is 9.13. The van der Waals surface area contributed by atoms with Gasteiger partial charge >= 0.3 is 0 Å². The molecule has 1 nitrogen and oxygen atoms in total. The highest BCUT2D eigenvalue weighted by Crippen LogP contribution is 2.42. The molecule has 1 N–H and O–H groups in total. The van der Waals surface area contributed by atoms with Gasteiger partial charge in [0.2, 0.25) is 0 Å². The van der Waals surface area contributed by atoms with Gasteiger partial charge in [0.15, 0.2) is 0 Å². The number of benzene rings is 1. The van der Waals surface area contributed by atoms with E-state index in [0.717, 1.165) is 40.2 Å². The van der Waals surface area contributed by atoms with Crippen molar-refractivity contribution in [3.63, 3.8) is 0 Å². The van der Waals surface area contributed by atoms with Gasteiger partial charge in [-0.2, -0.15) is 0 Å². The molecule has 1 fully saturated rings. The van der Waals surface area contributed by atoms with E-state index in [9.17, 15) is 5.11 Å². The summed E-state index contributed by atoms with van der Waals surface area (Å²) in [6.45, 7) is 0. The average Bonchev–Trinajstić information content (AvgIpc) is 2.23. The lowest BCUT2D eigenvalue weighted by molar-refractivity contribution is -0.00134. The first-order valence-electron chi connectivity index (χ1n) is 5.30. The molecule has 1 aliphatic carbocycles. The maximum absolute atomic E-state index is 10.6. The molecule has 0 unspecified atom stereocenters. The van der Waals surface area contributed by atoms with E-state index >= 15 is 0 Å². The number of rotatable bonds is 1. The Bertz CT molecular complexity index is 357. The smallest absolute Gasteiger partial charge is 0.0907 e. The van der Waals surface area contributed by atoms with Crippen LogP contribution >= 0.6 is 31.9 Å². The second kappa shape index (κ2) is 4.56. The summed E-state index contributed by atoms with van der Waals surface area (Å²) in [5, 5.41) is 10.6. The van der Waals surface area contributed by atoms with Gasteiger partial charge in [0.25, 0.3) is 0 Å². The van der Waals surface area contributed by atoms with Crippen LogP contribution in [0.25, 0.3) is 0 Å². The summed E-state index contributed by atoms with van der Waals surface area (Å²) in [6.07, 6.45) is 5.24. The zero-order valence-corrected chi connectivity index (χ0v) is 11.6. The lowest BCUT2D eigenvalue weighted by Crippen LogP contribution is -2.28. The van der Waals surface area contributed by atoms with Crippen molar-refractivity contribution >= 4 is 31.9 Å². The third-order valence-corrected chi connectivity index (χ3v) is 5.18. The topological polar surface area (TPSA) is 20.2 Å². The van der Waals surface area contributed by atoms with Crippen LogP contribution in [0.4, 0.5) is 0 Å². The Morgan fingerprint density at radius 2 is 1.73 bits per heavy atom. The van der Waals surface area contributed by atoms with E-state index in [-0.39, 0.29) is 0 Å². The predicted molar refractivity (Wildman–Crippen MR) is 68.8 cm³/mol. The summed E-state index contributed by atoms with van der Waals surface area (Å²) < 4.78 is 2.01. The van der Waals surface area contributed by atoms with Crippen LogP contribution in [0.1, 0.15) is 37.7 Å². The Morgan fingerprint density at radius 3 is 2.40 bits per heavy atom. The van der Waals surface area contributed by atoms with Gasteiger partial charge in [0.1, 0.15) is 0 Å². The van der Waals surface area contributed by atoms with Gasteiger partial charge < -0.3 is 5.11 Å². The van der Waals surface area contributed by atoms with Crippen LogP contribution in [0.3, 0.4) is 0 Å². The van der Waals surface area contributed by atoms with Gasteiger partial charge in [-0.05, 0) is 56.3 Å². The summed E-state index contributed by atoms with van der Waals surface area (Å²) in [6, 6.07) is 5.98. The summed E-state index contributed by atoms with van der Waals surface area (Å²) in [5.41, 5.74) is 0.400. The van der Waals surface area contributed by atoms with Gasteiger partial charge in [0.05, 0.1) is 5.60 Å². The van der Waals surface area contributed by atoms with E-state index in [2.05, 4.69) is 31.9 Å². The molecule has 0 bridgehead atoms. The van der Waals surface area contributed by atoms with E-state index < -0.39 is 5.60 Å². The Hall–Kier alpha value is 0.140. The van der Waals surface area contributed by atoms with Crippen LogP contribution in [-0.4, -0.2) is 5.11 Å². The van der Waals surface area contributed by atoms with Gasteiger partial charge in [0, 0.05) is 8.95 Å². The fourth-order valence-electron chi connectivity index (χ4n) is 2.27. The zero-order chi connectivity index (χ0) is 10.9. The molecule has 3 heteroatoms. The van der Waals surface area contributed by atoms with Crippen molar-refractivity contribution in [2.75, 3.05) is 0 Å². The highest BCUT2D eigenvalue weighted by atomic mass is 79.9. The molecule has 1 aromatic carbocycles. The maximum atomic E-state index is 10.6. The number of halogens is 2. The van der Waals surface area contributed by atoms with Gasteiger partial charge in [-0.15, -0.1) is 0 Å². The predicted octanol–water partition coefficient (Wildman–Crippen LogP) is 4.36. The van der Waals surface area contributed by atoms with Crippen LogP contribution < -0.4 is 0 Å². The van der Waals surface area contributed by atoms with Crippen molar-refractivity contribution in [3.05, 3.63) is 32.7 Å². The first-order chi connectivity index (χ1) is 7.13. The summed E-state index contributed by atoms with van der Waals surface area (Å²) in [5.74, 6) is 0. The van der Waals surface area contributed by atoms with Gasteiger partial charge in [-0.1, -0.05) is 31.4 Å². The van der Waals surface area contributed by atoms with Crippen molar-refractivity contribution in [3.8, 4) is 0 Å². The second-order valence-electron chi connectivity index (χ2n) is 4.19. The van der Waals surface area contributed by atoms with Gasteiger partial charge in [-0.3, -0.25) is 0 Å². The minimum atomic E-state index is -0.624. The first-order valence-corrected chi connectivity index (χ1v) is 6.89. The lowest BCUT2D eigenvalue weighted by Gasteiger charge is -2.33. The van der Waals surface area contributed by atoms with Crippen molar-refractivity contribution in [2.24, 2.45) is 0 Å². The molecule has 2 rings (SSSR count). The number of hydrogen-bond acceptors (Lipinski definition) is 1. The quantitative estimate of drug-likeness (QED) is 0.809. The molecule has 0 spiro atoms. The number of aliphatic hydroxyl groups is 1. The third kappa shape index (κ3) is 2.29. The minimum Gasteiger partial charge on any atom is -0.385 e. The minimum absolute atomic E-state index is 0.624. The molecule has 0 radical (unpaired) electrons. The van der Waals surface area contributed by atoms with Crippen LogP contribution in [0, 0.1) is 0 Å². The molecule has 1 aliphatic rings. The molecule has 0 saturated heterocycles. The van der Waals surface area contributed by atoms with E-state index in [0.29, 0.717) is 0 Å². The molecule has 82 valence electrons. The highest BCUT2D eigenvalue weighted by Gasteiger charge is 2.33. The standard InChI is InChI=1S/C12H14Br2O/c13-10-6-4-5-9(11(10)14)12(15)7-2-1-3-8-12/h4-6,15H,1-3,7-8H2. The molecule has 0 aliphatic heterocycles. The first kappa shape index (κ1) is 11.6. The summed E-state index contributed by atoms with van der Waals surface area (Å²) >= 11 is 7.02. The van der Waals surface area contributed by atoms with E-state index in [4.69, 9.17) is 0 Å². The molecular formula is C12H14Br2O. The van der Waals surface area contributed by atoms with Gasteiger partial charge in [-0.25, -0.2) is 0 Å². The van der Waals surface area contributed by atoms with Crippen LogP contribution in [-0.2, 0) is 5.60 Å². The molecule has 0 heterocycles. The van der Waals surface area contributed by atoms with E-state index in [1.807, 2.05) is 18.2 Å².